The van der Waals surface area contributed by atoms with Gasteiger partial charge in [-0.15, -0.1) is 0 Å². The number of ether oxygens (including phenoxy) is 1. The number of benzene rings is 1. The minimum Gasteiger partial charge on any atom is -0.482 e. The fourth-order valence-corrected chi connectivity index (χ4v) is 2.79. The molecule has 2 aliphatic rings. The van der Waals surface area contributed by atoms with Crippen molar-refractivity contribution in [3.05, 3.63) is 12.1 Å². The first-order valence-electron chi connectivity index (χ1n) is 7.28. The summed E-state index contributed by atoms with van der Waals surface area (Å²) in [7, 11) is 0. The van der Waals surface area contributed by atoms with Crippen molar-refractivity contribution in [2.24, 2.45) is 5.92 Å². The zero-order valence-corrected chi connectivity index (χ0v) is 11.8. The van der Waals surface area contributed by atoms with E-state index in [4.69, 9.17) is 10.5 Å². The van der Waals surface area contributed by atoms with Gasteiger partial charge < -0.3 is 20.7 Å². The largest absolute Gasteiger partial charge is 0.482 e. The van der Waals surface area contributed by atoms with Gasteiger partial charge in [-0.3, -0.25) is 4.79 Å². The maximum atomic E-state index is 11.4. The fourth-order valence-electron chi connectivity index (χ4n) is 2.79. The fraction of sp³-hybridized carbons (Fsp3) is 0.533. The average Bonchev–Trinajstić information content (AvgIpc) is 2.38. The lowest BCUT2D eigenvalue weighted by molar-refractivity contribution is -0.118. The monoisotopic (exact) mass is 275 g/mol. The lowest BCUT2D eigenvalue weighted by Gasteiger charge is -2.34. The Morgan fingerprint density at radius 2 is 2.25 bits per heavy atom. The molecule has 1 amide bonds. The molecule has 108 valence electrons. The van der Waals surface area contributed by atoms with Crippen LogP contribution in [-0.2, 0) is 4.79 Å². The Balaban J connectivity index is 1.87. The number of hydrogen-bond donors (Lipinski definition) is 2. The molecule has 0 unspecified atom stereocenters. The van der Waals surface area contributed by atoms with Gasteiger partial charge in [0.15, 0.2) is 6.61 Å². The van der Waals surface area contributed by atoms with Crippen LogP contribution in [0, 0.1) is 5.92 Å². The molecule has 0 saturated heterocycles. The molecule has 3 N–H and O–H groups in total. The number of nitrogens with one attached hydrogen (secondary N) is 1. The second-order valence-electron chi connectivity index (χ2n) is 5.58. The standard InChI is InChI=1S/C15H21N3O2/c1-2-18(8-10-4-3-5-10)13-7-12-14(6-11(13)16)20-9-15(19)17-12/h6-7,10H,2-5,8-9,16H2,1H3,(H,17,19). The maximum Gasteiger partial charge on any atom is 0.262 e. The normalized spacial score (nSPS) is 17.8. The number of nitrogen functional groups attached to an aromatic ring is 1. The van der Waals surface area contributed by atoms with Crippen LogP contribution in [0.4, 0.5) is 17.1 Å². The zero-order chi connectivity index (χ0) is 14.1. The molecule has 0 spiro atoms. The van der Waals surface area contributed by atoms with E-state index in [9.17, 15) is 4.79 Å². The van der Waals surface area contributed by atoms with Crippen molar-refractivity contribution < 1.29 is 9.53 Å². The molecule has 1 saturated carbocycles. The number of fused-ring (bicyclic) bond motifs is 1. The molecule has 1 fully saturated rings. The van der Waals surface area contributed by atoms with Crippen LogP contribution >= 0.6 is 0 Å². The number of carbonyl (C=O) groups is 1. The van der Waals surface area contributed by atoms with E-state index in [-0.39, 0.29) is 12.5 Å². The van der Waals surface area contributed by atoms with Crippen molar-refractivity contribution in [3.8, 4) is 5.75 Å². The molecule has 1 heterocycles. The van der Waals surface area contributed by atoms with Gasteiger partial charge in [-0.1, -0.05) is 6.42 Å². The predicted octanol–water partition coefficient (Wildman–Crippen LogP) is 2.23. The molecule has 1 aliphatic heterocycles. The van der Waals surface area contributed by atoms with Crippen molar-refractivity contribution >= 4 is 23.0 Å². The number of rotatable bonds is 4. The zero-order valence-electron chi connectivity index (χ0n) is 11.8. The SMILES string of the molecule is CCN(CC1CCC1)c1cc2c(cc1N)OCC(=O)N2. The first-order valence-corrected chi connectivity index (χ1v) is 7.28. The van der Waals surface area contributed by atoms with Gasteiger partial charge in [0.25, 0.3) is 5.91 Å². The molecule has 3 rings (SSSR count). The highest BCUT2D eigenvalue weighted by Gasteiger charge is 2.23. The summed E-state index contributed by atoms with van der Waals surface area (Å²) in [6.07, 6.45) is 3.95. The minimum absolute atomic E-state index is 0.0609. The van der Waals surface area contributed by atoms with Gasteiger partial charge in [0, 0.05) is 19.2 Å². The number of anilines is 3. The molecule has 0 atom stereocenters. The first kappa shape index (κ1) is 13.1. The summed E-state index contributed by atoms with van der Waals surface area (Å²) in [5.74, 6) is 1.32. The van der Waals surface area contributed by atoms with E-state index in [1.165, 1.54) is 19.3 Å². The number of carbonyl (C=O) groups excluding carboxylic acids is 1. The highest BCUT2D eigenvalue weighted by atomic mass is 16.5. The molecule has 0 bridgehead atoms. The van der Waals surface area contributed by atoms with E-state index < -0.39 is 0 Å². The van der Waals surface area contributed by atoms with Gasteiger partial charge in [0.2, 0.25) is 0 Å². The molecule has 1 aromatic rings. The van der Waals surface area contributed by atoms with Gasteiger partial charge in [-0.2, -0.15) is 0 Å². The number of nitrogens with two attached hydrogens (primary N) is 1. The Hall–Kier alpha value is -1.91. The molecule has 1 aliphatic carbocycles. The molecule has 0 radical (unpaired) electrons. The molecule has 0 aromatic heterocycles. The predicted molar refractivity (Wildman–Crippen MR) is 80.2 cm³/mol. The van der Waals surface area contributed by atoms with E-state index in [1.807, 2.05) is 12.1 Å². The topological polar surface area (TPSA) is 67.6 Å². The third kappa shape index (κ3) is 2.40. The van der Waals surface area contributed by atoms with Gasteiger partial charge >= 0.3 is 0 Å². The number of nitrogens with zero attached hydrogens (tertiary/aromatic N) is 1. The van der Waals surface area contributed by atoms with Crippen LogP contribution < -0.4 is 20.7 Å². The molecule has 5 heteroatoms. The van der Waals surface area contributed by atoms with Crippen molar-refractivity contribution in [1.82, 2.24) is 0 Å². The molecular weight excluding hydrogens is 254 g/mol. The van der Waals surface area contributed by atoms with Crippen LogP contribution in [0.1, 0.15) is 26.2 Å². The van der Waals surface area contributed by atoms with E-state index >= 15 is 0 Å². The van der Waals surface area contributed by atoms with Crippen LogP contribution in [0.25, 0.3) is 0 Å². The first-order chi connectivity index (χ1) is 9.67. The van der Waals surface area contributed by atoms with Crippen LogP contribution in [-0.4, -0.2) is 25.6 Å². The van der Waals surface area contributed by atoms with Crippen LogP contribution in [0.3, 0.4) is 0 Å². The second kappa shape index (κ2) is 5.23. The molecule has 20 heavy (non-hydrogen) atoms. The van der Waals surface area contributed by atoms with Crippen molar-refractivity contribution in [1.29, 1.82) is 0 Å². The highest BCUT2D eigenvalue weighted by Crippen LogP contribution is 2.38. The highest BCUT2D eigenvalue weighted by molar-refractivity contribution is 5.97. The van der Waals surface area contributed by atoms with Crippen LogP contribution in [0.15, 0.2) is 12.1 Å². The number of hydrogen-bond acceptors (Lipinski definition) is 4. The lowest BCUT2D eigenvalue weighted by Crippen LogP contribution is -2.33. The Labute approximate surface area is 119 Å². The van der Waals surface area contributed by atoms with Crippen molar-refractivity contribution in [3.63, 3.8) is 0 Å². The maximum absolute atomic E-state index is 11.4. The average molecular weight is 275 g/mol. The lowest BCUT2D eigenvalue weighted by atomic mass is 9.85. The van der Waals surface area contributed by atoms with Gasteiger partial charge in [-0.05, 0) is 31.7 Å². The number of amides is 1. The van der Waals surface area contributed by atoms with Crippen LogP contribution in [0.2, 0.25) is 0 Å². The summed E-state index contributed by atoms with van der Waals surface area (Å²) in [6.45, 7) is 4.14. The Morgan fingerprint density at radius 1 is 1.45 bits per heavy atom. The van der Waals surface area contributed by atoms with Crippen LogP contribution in [0.5, 0.6) is 5.75 Å². The summed E-state index contributed by atoms with van der Waals surface area (Å²) in [5, 5.41) is 2.84. The third-order valence-corrected chi connectivity index (χ3v) is 4.19. The third-order valence-electron chi connectivity index (χ3n) is 4.19. The van der Waals surface area contributed by atoms with Crippen molar-refractivity contribution in [2.75, 3.05) is 35.6 Å². The summed E-state index contributed by atoms with van der Waals surface area (Å²) < 4.78 is 5.39. The van der Waals surface area contributed by atoms with E-state index in [0.717, 1.165) is 30.4 Å². The molecule has 1 aromatic carbocycles. The Morgan fingerprint density at radius 3 is 2.90 bits per heavy atom. The summed E-state index contributed by atoms with van der Waals surface area (Å²) in [6, 6.07) is 3.75. The van der Waals surface area contributed by atoms with Gasteiger partial charge in [-0.25, -0.2) is 0 Å². The van der Waals surface area contributed by atoms with E-state index in [2.05, 4.69) is 17.1 Å². The summed E-state index contributed by atoms with van der Waals surface area (Å²) in [4.78, 5) is 13.7. The van der Waals surface area contributed by atoms with E-state index in [0.29, 0.717) is 11.4 Å². The molecular formula is C15H21N3O2. The summed E-state index contributed by atoms with van der Waals surface area (Å²) in [5.41, 5.74) is 8.58. The smallest absolute Gasteiger partial charge is 0.262 e. The second-order valence-corrected chi connectivity index (χ2v) is 5.58. The van der Waals surface area contributed by atoms with Crippen molar-refractivity contribution in [2.45, 2.75) is 26.2 Å². The minimum atomic E-state index is -0.115. The van der Waals surface area contributed by atoms with Gasteiger partial charge in [0.1, 0.15) is 5.75 Å². The summed E-state index contributed by atoms with van der Waals surface area (Å²) >= 11 is 0. The van der Waals surface area contributed by atoms with E-state index in [1.54, 1.807) is 0 Å². The Kier molecular flexibility index (Phi) is 3.42. The quantitative estimate of drug-likeness (QED) is 0.827. The Bertz CT molecular complexity index is 526. The van der Waals surface area contributed by atoms with Gasteiger partial charge in [0.05, 0.1) is 17.1 Å². The molecule has 5 nitrogen and oxygen atoms in total.